The van der Waals surface area contributed by atoms with E-state index in [1.54, 1.807) is 12.1 Å². The van der Waals surface area contributed by atoms with E-state index in [4.69, 9.17) is 9.57 Å². The van der Waals surface area contributed by atoms with Crippen LogP contribution in [0.4, 0.5) is 26.3 Å². The smallest absolute Gasteiger partial charge is 0.372 e. The van der Waals surface area contributed by atoms with E-state index in [1.165, 1.54) is 17.2 Å². The average molecular weight is 565 g/mol. The van der Waals surface area contributed by atoms with E-state index < -0.39 is 50.9 Å². The molecule has 0 aliphatic carbocycles. The molecule has 1 spiro atoms. The van der Waals surface area contributed by atoms with Crippen LogP contribution in [0.15, 0.2) is 29.4 Å². The summed E-state index contributed by atoms with van der Waals surface area (Å²) in [5, 5.41) is 6.82. The number of halogens is 6. The number of likely N-dealkylation sites (tertiary alicyclic amines) is 1. The van der Waals surface area contributed by atoms with Crippen molar-refractivity contribution >= 4 is 27.0 Å². The summed E-state index contributed by atoms with van der Waals surface area (Å²) in [5.74, 6) is 2.99. The van der Waals surface area contributed by atoms with Gasteiger partial charge in [0, 0.05) is 13.3 Å². The molecular weight excluding hydrogens is 542 g/mol. The van der Waals surface area contributed by atoms with Crippen molar-refractivity contribution in [2.75, 3.05) is 25.1 Å². The maximum Gasteiger partial charge on any atom is 0.437 e. The molecule has 1 aromatic heterocycles. The van der Waals surface area contributed by atoms with Gasteiger partial charge in [0.2, 0.25) is 5.91 Å². The molecule has 2 aromatic rings. The highest BCUT2D eigenvalue weighted by Gasteiger charge is 2.64. The lowest BCUT2D eigenvalue weighted by atomic mass is 9.83. The fraction of sp³-hybridized carbons (Fsp3) is 0.478. The zero-order valence-electron chi connectivity index (χ0n) is 20.1. The molecule has 0 saturated carbocycles. The van der Waals surface area contributed by atoms with Gasteiger partial charge in [0.15, 0.2) is 5.69 Å². The Morgan fingerprint density at radius 2 is 1.87 bits per heavy atom. The topological polar surface area (TPSA) is 86.0 Å². The predicted octanol–water partition coefficient (Wildman–Crippen LogP) is 2.94. The molecule has 2 unspecified atom stereocenters. The first-order valence-corrected chi connectivity index (χ1v) is 13.5. The second-order valence-electron chi connectivity index (χ2n) is 9.90. The maximum atomic E-state index is 14.3. The molecule has 1 fully saturated rings. The number of hydrogen-bond acceptors (Lipinski definition) is 6. The molecule has 1 amide bonds. The minimum absolute atomic E-state index is 0.0978. The molecule has 2 atom stereocenters. The molecule has 38 heavy (non-hydrogen) atoms. The number of nitrogens with zero attached hydrogens (tertiary/aromatic N) is 4. The Labute approximate surface area is 213 Å². The fourth-order valence-electron chi connectivity index (χ4n) is 5.00. The van der Waals surface area contributed by atoms with Crippen LogP contribution < -0.4 is 0 Å². The first-order chi connectivity index (χ1) is 17.4. The van der Waals surface area contributed by atoms with E-state index in [2.05, 4.69) is 16.1 Å². The van der Waals surface area contributed by atoms with Gasteiger partial charge in [0.05, 0.1) is 43.3 Å². The van der Waals surface area contributed by atoms with Gasteiger partial charge in [-0.15, -0.1) is 0 Å². The number of rotatable bonds is 4. The zero-order chi connectivity index (χ0) is 27.9. The normalized spacial score (nSPS) is 24.0. The van der Waals surface area contributed by atoms with Crippen LogP contribution in [0.5, 0.6) is 0 Å². The van der Waals surface area contributed by atoms with E-state index in [0.717, 1.165) is 12.6 Å². The minimum atomic E-state index is -5.10. The van der Waals surface area contributed by atoms with Gasteiger partial charge in [-0.1, -0.05) is 17.3 Å². The lowest BCUT2D eigenvalue weighted by molar-refractivity contribution is -0.278. The van der Waals surface area contributed by atoms with Crippen LogP contribution in [0.3, 0.4) is 0 Å². The van der Waals surface area contributed by atoms with E-state index in [1.807, 2.05) is 0 Å². The number of aryl methyl sites for hydroxylation is 1. The van der Waals surface area contributed by atoms with Crippen molar-refractivity contribution in [3.8, 4) is 0 Å². The van der Waals surface area contributed by atoms with Crippen molar-refractivity contribution in [3.63, 3.8) is 0 Å². The Morgan fingerprint density at radius 1 is 1.18 bits per heavy atom. The Kier molecular flexibility index (Phi) is 5.74. The number of aromatic nitrogens is 2. The number of amides is 1. The highest BCUT2D eigenvalue weighted by atomic mass is 32.2. The number of benzene rings is 1. The first kappa shape index (κ1) is 26.5. The van der Waals surface area contributed by atoms with Crippen molar-refractivity contribution in [2.24, 2.45) is 12.2 Å². The monoisotopic (exact) mass is 564 g/mol. The Hall–Kier alpha value is -3.07. The van der Waals surface area contributed by atoms with Gasteiger partial charge >= 0.3 is 12.4 Å². The van der Waals surface area contributed by atoms with Gasteiger partial charge in [-0.3, -0.25) is 13.7 Å². The molecule has 0 radical (unpaired) electrons. The van der Waals surface area contributed by atoms with E-state index >= 15 is 0 Å². The Balaban J connectivity index is 1.38. The molecule has 3 aliphatic heterocycles. The highest BCUT2D eigenvalue weighted by Crippen LogP contribution is 2.50. The van der Waals surface area contributed by atoms with Crippen LogP contribution in [-0.4, -0.2) is 67.7 Å². The highest BCUT2D eigenvalue weighted by molar-refractivity contribution is 8.00. The van der Waals surface area contributed by atoms with Crippen LogP contribution in [0.25, 0.3) is 0 Å². The third-order valence-corrected chi connectivity index (χ3v) is 7.73. The molecule has 8 nitrogen and oxygen atoms in total. The third-order valence-electron chi connectivity index (χ3n) is 6.88. The minimum Gasteiger partial charge on any atom is -0.372 e. The van der Waals surface area contributed by atoms with Crippen LogP contribution in [0, 0.1) is 0 Å². The number of ether oxygens (including phenoxy) is 1. The largest absolute Gasteiger partial charge is 0.437 e. The molecule has 0 N–H and O–H groups in total. The van der Waals surface area contributed by atoms with Crippen molar-refractivity contribution in [2.45, 2.75) is 36.6 Å². The third kappa shape index (κ3) is 4.25. The van der Waals surface area contributed by atoms with E-state index in [0.29, 0.717) is 21.9 Å². The SMILES string of the molecule is C=S(C)(=O)CC(=O)N1CC2(C1)OCc1cc(C3=NOC(c4cc(C(F)(F)F)nn4C)(C(F)(F)F)C3)ccc12. The summed E-state index contributed by atoms with van der Waals surface area (Å²) in [6.07, 6.45) is -9.50. The van der Waals surface area contributed by atoms with Gasteiger partial charge in [-0.25, -0.2) is 0 Å². The Bertz CT molecular complexity index is 1460. The van der Waals surface area contributed by atoms with Crippen molar-refractivity contribution in [1.82, 2.24) is 14.7 Å². The molecule has 1 saturated heterocycles. The van der Waals surface area contributed by atoms with Crippen molar-refractivity contribution < 1.29 is 44.9 Å². The van der Waals surface area contributed by atoms with E-state index in [9.17, 15) is 35.3 Å². The number of carbonyl (C=O) groups excluding carboxylic acids is 1. The number of hydrogen-bond donors (Lipinski definition) is 0. The second kappa shape index (κ2) is 8.21. The molecule has 3 aliphatic rings. The molecule has 206 valence electrons. The van der Waals surface area contributed by atoms with Crippen LogP contribution in [0.2, 0.25) is 0 Å². The van der Waals surface area contributed by atoms with Gasteiger partial charge in [-0.05, 0) is 44.2 Å². The molecule has 4 heterocycles. The zero-order valence-corrected chi connectivity index (χ0v) is 21.0. The quantitative estimate of drug-likeness (QED) is 0.421. The van der Waals surface area contributed by atoms with Gasteiger partial charge in [-0.2, -0.15) is 31.4 Å². The van der Waals surface area contributed by atoms with E-state index in [-0.39, 0.29) is 37.1 Å². The summed E-state index contributed by atoms with van der Waals surface area (Å²) in [4.78, 5) is 18.7. The molecule has 0 bridgehead atoms. The molecule has 1 aromatic carbocycles. The van der Waals surface area contributed by atoms with Crippen LogP contribution >= 0.6 is 0 Å². The molecule has 15 heteroatoms. The van der Waals surface area contributed by atoms with Crippen molar-refractivity contribution in [1.29, 1.82) is 0 Å². The summed E-state index contributed by atoms with van der Waals surface area (Å²) in [6.45, 7) is 0.605. The van der Waals surface area contributed by atoms with Crippen LogP contribution in [0.1, 0.15) is 34.5 Å². The lowest BCUT2D eigenvalue weighted by Gasteiger charge is -2.47. The summed E-state index contributed by atoms with van der Waals surface area (Å²) in [6, 6.07) is 5.13. The van der Waals surface area contributed by atoms with Gasteiger partial charge in [0.25, 0.3) is 5.60 Å². The molecule has 5 rings (SSSR count). The fourth-order valence-corrected chi connectivity index (χ4v) is 5.70. The van der Waals surface area contributed by atoms with Gasteiger partial charge in [0.1, 0.15) is 5.60 Å². The lowest BCUT2D eigenvalue weighted by Crippen LogP contribution is -2.62. The van der Waals surface area contributed by atoms with Gasteiger partial charge < -0.3 is 14.5 Å². The summed E-state index contributed by atoms with van der Waals surface area (Å²) >= 11 is 0. The second-order valence-corrected chi connectivity index (χ2v) is 12.6. The number of fused-ring (bicyclic) bond motifs is 2. The standard InChI is InChI=1S/C23H22F6N4O4S/c1-32-18(7-17(30-32)22(24,25)26)21(23(27,28)29)8-16(31-37-21)13-4-5-15-14(6-13)9-36-20(15)11-33(12-20)19(34)10-38(2,3)35/h4-7H,2,8-12H2,1,3H3. The number of oxime groups is 1. The maximum absolute atomic E-state index is 14.3. The number of carbonyl (C=O) groups is 1. The predicted molar refractivity (Wildman–Crippen MR) is 124 cm³/mol. The number of alkyl halides is 6. The average Bonchev–Trinajstić information content (AvgIpc) is 3.45. The molecular formula is C23H22F6N4O4S. The Morgan fingerprint density at radius 3 is 2.45 bits per heavy atom. The first-order valence-electron chi connectivity index (χ1n) is 11.2. The summed E-state index contributed by atoms with van der Waals surface area (Å²) in [7, 11) is -1.52. The van der Waals surface area contributed by atoms with Crippen molar-refractivity contribution in [3.05, 3.63) is 52.3 Å². The van der Waals surface area contributed by atoms with Crippen LogP contribution in [-0.2, 0) is 54.9 Å². The summed E-state index contributed by atoms with van der Waals surface area (Å²) in [5.41, 5.74) is -4.57. The summed E-state index contributed by atoms with van der Waals surface area (Å²) < 4.78 is 100.